The maximum absolute atomic E-state index is 10.5. The highest BCUT2D eigenvalue weighted by Crippen LogP contribution is 2.30. The predicted molar refractivity (Wildman–Crippen MR) is 77.3 cm³/mol. The molecule has 0 bridgehead atoms. The van der Waals surface area contributed by atoms with Crippen LogP contribution in [0.3, 0.4) is 0 Å². The number of nitrogens with zero attached hydrogens (tertiary/aromatic N) is 4. The quantitative estimate of drug-likeness (QED) is 0.925. The van der Waals surface area contributed by atoms with E-state index in [4.69, 9.17) is 0 Å². The van der Waals surface area contributed by atoms with Crippen molar-refractivity contribution in [3.8, 4) is 0 Å². The van der Waals surface area contributed by atoms with Gasteiger partial charge in [-0.3, -0.25) is 0 Å². The van der Waals surface area contributed by atoms with E-state index in [0.717, 1.165) is 37.6 Å². The number of piperidine rings is 1. The Labute approximate surface area is 118 Å². The molecule has 0 spiro atoms. The van der Waals surface area contributed by atoms with Crippen molar-refractivity contribution >= 4 is 5.82 Å². The SMILES string of the molecule is Cn1ccnc1C(O)C1CCN(c2ccccn2)CC1. The van der Waals surface area contributed by atoms with Crippen molar-refractivity contribution in [2.45, 2.75) is 18.9 Å². The summed E-state index contributed by atoms with van der Waals surface area (Å²) >= 11 is 0. The third-order valence-corrected chi connectivity index (χ3v) is 4.08. The Hall–Kier alpha value is -1.88. The molecule has 1 unspecified atom stereocenters. The summed E-state index contributed by atoms with van der Waals surface area (Å²) < 4.78 is 1.90. The van der Waals surface area contributed by atoms with Crippen molar-refractivity contribution in [1.82, 2.24) is 14.5 Å². The van der Waals surface area contributed by atoms with Crippen LogP contribution < -0.4 is 4.90 Å². The van der Waals surface area contributed by atoms with Crippen molar-refractivity contribution in [2.24, 2.45) is 13.0 Å². The minimum atomic E-state index is -0.471. The van der Waals surface area contributed by atoms with Crippen LogP contribution in [-0.2, 0) is 7.05 Å². The van der Waals surface area contributed by atoms with Gasteiger partial charge in [0.2, 0.25) is 0 Å². The number of hydrogen-bond acceptors (Lipinski definition) is 4. The first kappa shape index (κ1) is 13.1. The third-order valence-electron chi connectivity index (χ3n) is 4.08. The number of aryl methyl sites for hydroxylation is 1. The van der Waals surface area contributed by atoms with E-state index in [1.807, 2.05) is 42.2 Å². The molecule has 5 nitrogen and oxygen atoms in total. The largest absolute Gasteiger partial charge is 0.385 e. The molecule has 2 aromatic rings. The van der Waals surface area contributed by atoms with E-state index < -0.39 is 6.10 Å². The Morgan fingerprint density at radius 3 is 2.60 bits per heavy atom. The van der Waals surface area contributed by atoms with Crippen molar-refractivity contribution < 1.29 is 5.11 Å². The van der Waals surface area contributed by atoms with Gasteiger partial charge >= 0.3 is 0 Å². The van der Waals surface area contributed by atoms with Gasteiger partial charge < -0.3 is 14.6 Å². The van der Waals surface area contributed by atoms with Crippen LogP contribution >= 0.6 is 0 Å². The van der Waals surface area contributed by atoms with Gasteiger partial charge in [-0.15, -0.1) is 0 Å². The number of hydrogen-bond donors (Lipinski definition) is 1. The van der Waals surface area contributed by atoms with E-state index in [1.165, 1.54) is 0 Å². The van der Waals surface area contributed by atoms with E-state index in [-0.39, 0.29) is 5.92 Å². The Morgan fingerprint density at radius 2 is 2.00 bits per heavy atom. The number of imidazole rings is 1. The van der Waals surface area contributed by atoms with Crippen molar-refractivity contribution in [3.63, 3.8) is 0 Å². The first-order valence-corrected chi connectivity index (χ1v) is 7.07. The number of aliphatic hydroxyl groups is 1. The number of aromatic nitrogens is 3. The van der Waals surface area contributed by atoms with E-state index >= 15 is 0 Å². The van der Waals surface area contributed by atoms with Crippen LogP contribution in [0.5, 0.6) is 0 Å². The molecule has 1 fully saturated rings. The monoisotopic (exact) mass is 272 g/mol. The molecule has 3 heterocycles. The second-order valence-corrected chi connectivity index (χ2v) is 5.35. The van der Waals surface area contributed by atoms with Gasteiger partial charge in [0.25, 0.3) is 0 Å². The van der Waals surface area contributed by atoms with Gasteiger partial charge in [-0.25, -0.2) is 9.97 Å². The highest BCUT2D eigenvalue weighted by molar-refractivity contribution is 5.38. The molecular weight excluding hydrogens is 252 g/mol. The molecule has 1 atom stereocenters. The number of aliphatic hydroxyl groups excluding tert-OH is 1. The lowest BCUT2D eigenvalue weighted by Crippen LogP contribution is -2.36. The van der Waals surface area contributed by atoms with Gasteiger partial charge in [-0.2, -0.15) is 0 Å². The fourth-order valence-electron chi connectivity index (χ4n) is 2.86. The first-order valence-electron chi connectivity index (χ1n) is 7.07. The molecule has 1 saturated heterocycles. The van der Waals surface area contributed by atoms with Crippen LogP contribution in [0.15, 0.2) is 36.8 Å². The maximum atomic E-state index is 10.5. The zero-order chi connectivity index (χ0) is 13.9. The molecule has 20 heavy (non-hydrogen) atoms. The van der Waals surface area contributed by atoms with Gasteiger partial charge in [0.15, 0.2) is 0 Å². The summed E-state index contributed by atoms with van der Waals surface area (Å²) in [6.45, 7) is 1.87. The van der Waals surface area contributed by atoms with Crippen molar-refractivity contribution in [3.05, 3.63) is 42.6 Å². The summed E-state index contributed by atoms with van der Waals surface area (Å²) in [6, 6.07) is 5.98. The van der Waals surface area contributed by atoms with E-state index in [1.54, 1.807) is 6.20 Å². The average molecular weight is 272 g/mol. The lowest BCUT2D eigenvalue weighted by molar-refractivity contribution is 0.0824. The molecular formula is C15H20N4O. The topological polar surface area (TPSA) is 54.2 Å². The van der Waals surface area contributed by atoms with Crippen LogP contribution in [0.2, 0.25) is 0 Å². The van der Waals surface area contributed by atoms with E-state index in [9.17, 15) is 5.11 Å². The van der Waals surface area contributed by atoms with Gasteiger partial charge in [-0.1, -0.05) is 6.07 Å². The average Bonchev–Trinajstić information content (AvgIpc) is 2.94. The van der Waals surface area contributed by atoms with Gasteiger partial charge in [0.05, 0.1) is 0 Å². The highest BCUT2D eigenvalue weighted by Gasteiger charge is 2.28. The molecule has 2 aromatic heterocycles. The molecule has 5 heteroatoms. The summed E-state index contributed by atoms with van der Waals surface area (Å²) in [5, 5.41) is 10.5. The van der Waals surface area contributed by atoms with Gasteiger partial charge in [-0.05, 0) is 30.9 Å². The number of rotatable bonds is 3. The smallest absolute Gasteiger partial charge is 0.137 e. The van der Waals surface area contributed by atoms with Crippen LogP contribution in [0.4, 0.5) is 5.82 Å². The minimum absolute atomic E-state index is 0.274. The third kappa shape index (κ3) is 2.54. The molecule has 1 N–H and O–H groups in total. The molecule has 3 rings (SSSR count). The van der Waals surface area contributed by atoms with E-state index in [0.29, 0.717) is 0 Å². The molecule has 0 amide bonds. The number of anilines is 1. The highest BCUT2D eigenvalue weighted by atomic mass is 16.3. The molecule has 106 valence electrons. The lowest BCUT2D eigenvalue weighted by atomic mass is 9.90. The first-order chi connectivity index (χ1) is 9.75. The predicted octanol–water partition coefficient (Wildman–Crippen LogP) is 1.77. The van der Waals surface area contributed by atoms with Crippen LogP contribution in [-0.4, -0.2) is 32.7 Å². The summed E-state index contributed by atoms with van der Waals surface area (Å²) in [7, 11) is 1.93. The summed E-state index contributed by atoms with van der Waals surface area (Å²) in [6.07, 6.45) is 6.89. The Kier molecular flexibility index (Phi) is 3.69. The Bertz CT molecular complexity index is 546. The molecule has 1 aliphatic rings. The summed E-state index contributed by atoms with van der Waals surface area (Å²) in [5.74, 6) is 2.06. The Morgan fingerprint density at radius 1 is 1.20 bits per heavy atom. The van der Waals surface area contributed by atoms with Crippen LogP contribution in [0.25, 0.3) is 0 Å². The maximum Gasteiger partial charge on any atom is 0.137 e. The molecule has 0 aliphatic carbocycles. The fourth-order valence-corrected chi connectivity index (χ4v) is 2.86. The zero-order valence-corrected chi connectivity index (χ0v) is 11.7. The minimum Gasteiger partial charge on any atom is -0.385 e. The second kappa shape index (κ2) is 5.63. The zero-order valence-electron chi connectivity index (χ0n) is 11.7. The molecule has 0 radical (unpaired) electrons. The summed E-state index contributed by atoms with van der Waals surface area (Å²) in [4.78, 5) is 10.9. The molecule has 0 aromatic carbocycles. The van der Waals surface area contributed by atoms with Gasteiger partial charge in [0, 0.05) is 38.7 Å². The second-order valence-electron chi connectivity index (χ2n) is 5.35. The Balaban J connectivity index is 1.63. The molecule has 0 saturated carbocycles. The summed E-state index contributed by atoms with van der Waals surface area (Å²) in [5.41, 5.74) is 0. The molecule has 1 aliphatic heterocycles. The number of pyridine rings is 1. The standard InChI is InChI=1S/C15H20N4O/c1-18-11-8-17-15(18)14(20)12-5-9-19(10-6-12)13-4-2-3-7-16-13/h2-4,7-8,11-12,14,20H,5-6,9-10H2,1H3. The van der Waals surface area contributed by atoms with Crippen LogP contribution in [0, 0.1) is 5.92 Å². The lowest BCUT2D eigenvalue weighted by Gasteiger charge is -2.34. The van der Waals surface area contributed by atoms with Crippen molar-refractivity contribution in [2.75, 3.05) is 18.0 Å². The fraction of sp³-hybridized carbons (Fsp3) is 0.467. The van der Waals surface area contributed by atoms with Crippen LogP contribution in [0.1, 0.15) is 24.8 Å². The van der Waals surface area contributed by atoms with Gasteiger partial charge in [0.1, 0.15) is 17.7 Å². The van der Waals surface area contributed by atoms with E-state index in [2.05, 4.69) is 14.9 Å². The normalized spacial score (nSPS) is 18.2. The van der Waals surface area contributed by atoms with Crippen molar-refractivity contribution in [1.29, 1.82) is 0 Å².